The SMILES string of the molecule is CCOc1ccc(Br)cc1C(=O)C(C)S(C)(=O)=O. The molecule has 1 rings (SSSR count). The first-order chi connectivity index (χ1) is 8.27. The van der Waals surface area contributed by atoms with Gasteiger partial charge in [0, 0.05) is 10.7 Å². The third kappa shape index (κ3) is 3.55. The number of ether oxygens (including phenoxy) is 1. The standard InChI is InChI=1S/C12H15BrO4S/c1-4-17-11-6-5-9(13)7-10(11)12(14)8(2)18(3,15)16/h5-8H,4H2,1-3H3. The third-order valence-electron chi connectivity index (χ3n) is 2.52. The van der Waals surface area contributed by atoms with Crippen molar-refractivity contribution >= 4 is 31.6 Å². The van der Waals surface area contributed by atoms with Crippen molar-refractivity contribution in [1.82, 2.24) is 0 Å². The van der Waals surface area contributed by atoms with Crippen molar-refractivity contribution < 1.29 is 17.9 Å². The lowest BCUT2D eigenvalue weighted by molar-refractivity contribution is 0.0988. The van der Waals surface area contributed by atoms with Gasteiger partial charge in [0.2, 0.25) is 0 Å². The number of hydrogen-bond acceptors (Lipinski definition) is 4. The number of carbonyl (C=O) groups excluding carboxylic acids is 1. The van der Waals surface area contributed by atoms with Gasteiger partial charge in [-0.25, -0.2) is 8.42 Å². The fourth-order valence-corrected chi connectivity index (χ4v) is 2.27. The van der Waals surface area contributed by atoms with E-state index in [4.69, 9.17) is 4.74 Å². The van der Waals surface area contributed by atoms with Gasteiger partial charge < -0.3 is 4.74 Å². The van der Waals surface area contributed by atoms with Crippen molar-refractivity contribution in [2.24, 2.45) is 0 Å². The summed E-state index contributed by atoms with van der Waals surface area (Å²) < 4.78 is 28.9. The molecule has 1 aromatic carbocycles. The molecule has 1 unspecified atom stereocenters. The van der Waals surface area contributed by atoms with E-state index < -0.39 is 20.9 Å². The smallest absolute Gasteiger partial charge is 0.184 e. The molecule has 100 valence electrons. The molecule has 0 radical (unpaired) electrons. The summed E-state index contributed by atoms with van der Waals surface area (Å²) in [5.41, 5.74) is 0.282. The lowest BCUT2D eigenvalue weighted by Crippen LogP contribution is -2.26. The molecule has 0 aliphatic rings. The highest BCUT2D eigenvalue weighted by atomic mass is 79.9. The van der Waals surface area contributed by atoms with Crippen LogP contribution in [0.2, 0.25) is 0 Å². The molecule has 1 atom stereocenters. The van der Waals surface area contributed by atoms with Gasteiger partial charge in [-0.3, -0.25) is 4.79 Å². The van der Waals surface area contributed by atoms with Crippen molar-refractivity contribution in [3.63, 3.8) is 0 Å². The predicted octanol–water partition coefficient (Wildman–Crippen LogP) is 2.46. The number of rotatable bonds is 5. The predicted molar refractivity (Wildman–Crippen MR) is 73.9 cm³/mol. The van der Waals surface area contributed by atoms with E-state index in [2.05, 4.69) is 15.9 Å². The lowest BCUT2D eigenvalue weighted by Gasteiger charge is -2.13. The Bertz CT molecular complexity index is 551. The summed E-state index contributed by atoms with van der Waals surface area (Å²) in [4.78, 5) is 12.2. The maximum Gasteiger partial charge on any atom is 0.184 e. The third-order valence-corrected chi connectivity index (χ3v) is 4.51. The minimum absolute atomic E-state index is 0.282. The fraction of sp³-hybridized carbons (Fsp3) is 0.417. The Hall–Kier alpha value is -0.880. The molecule has 0 amide bonds. The van der Waals surface area contributed by atoms with Gasteiger partial charge >= 0.3 is 0 Å². The Morgan fingerprint density at radius 3 is 2.56 bits per heavy atom. The summed E-state index contributed by atoms with van der Waals surface area (Å²) in [6.07, 6.45) is 1.05. The van der Waals surface area contributed by atoms with Gasteiger partial charge in [-0.15, -0.1) is 0 Å². The van der Waals surface area contributed by atoms with E-state index in [0.717, 1.165) is 6.26 Å². The molecule has 0 heterocycles. The van der Waals surface area contributed by atoms with Crippen molar-refractivity contribution in [3.8, 4) is 5.75 Å². The largest absolute Gasteiger partial charge is 0.493 e. The Morgan fingerprint density at radius 2 is 2.06 bits per heavy atom. The highest BCUT2D eigenvalue weighted by molar-refractivity contribution is 9.10. The van der Waals surface area contributed by atoms with Gasteiger partial charge in [0.15, 0.2) is 15.6 Å². The zero-order chi connectivity index (χ0) is 13.9. The molecular weight excluding hydrogens is 320 g/mol. The Kier molecular flexibility index (Phi) is 4.92. The van der Waals surface area contributed by atoms with Crippen LogP contribution in [0, 0.1) is 0 Å². The van der Waals surface area contributed by atoms with Crippen molar-refractivity contribution in [2.45, 2.75) is 19.1 Å². The minimum Gasteiger partial charge on any atom is -0.493 e. The zero-order valence-corrected chi connectivity index (χ0v) is 12.8. The quantitative estimate of drug-likeness (QED) is 0.776. The van der Waals surface area contributed by atoms with Crippen molar-refractivity contribution in [2.75, 3.05) is 12.9 Å². The van der Waals surface area contributed by atoms with Crippen LogP contribution in [-0.2, 0) is 9.84 Å². The van der Waals surface area contributed by atoms with Gasteiger partial charge in [-0.05, 0) is 32.0 Å². The second-order valence-corrected chi connectivity index (χ2v) is 7.19. The van der Waals surface area contributed by atoms with Crippen molar-refractivity contribution in [3.05, 3.63) is 28.2 Å². The van der Waals surface area contributed by atoms with Gasteiger partial charge in [0.05, 0.1) is 12.2 Å². The molecule has 0 N–H and O–H groups in total. The molecule has 6 heteroatoms. The average Bonchev–Trinajstić information content (AvgIpc) is 2.28. The first-order valence-electron chi connectivity index (χ1n) is 5.42. The molecule has 0 saturated carbocycles. The summed E-state index contributed by atoms with van der Waals surface area (Å²) in [5.74, 6) is -0.0524. The van der Waals surface area contributed by atoms with Crippen molar-refractivity contribution in [1.29, 1.82) is 0 Å². The van der Waals surface area contributed by atoms with E-state index in [-0.39, 0.29) is 5.56 Å². The second-order valence-electron chi connectivity index (χ2n) is 3.91. The molecule has 1 aromatic rings. The number of sulfone groups is 1. The average molecular weight is 335 g/mol. The van der Waals surface area contributed by atoms with Gasteiger partial charge in [-0.1, -0.05) is 15.9 Å². The molecule has 0 aromatic heterocycles. The second kappa shape index (κ2) is 5.84. The number of Topliss-reactive ketones (excluding diaryl/α,β-unsaturated/α-hetero) is 1. The number of benzene rings is 1. The van der Waals surface area contributed by atoms with E-state index in [1.165, 1.54) is 6.92 Å². The van der Waals surface area contributed by atoms with Gasteiger partial charge in [-0.2, -0.15) is 0 Å². The Labute approximate surface area is 115 Å². The van der Waals surface area contributed by atoms with Crippen LogP contribution in [0.1, 0.15) is 24.2 Å². The molecule has 0 saturated heterocycles. The zero-order valence-electron chi connectivity index (χ0n) is 10.4. The molecule has 18 heavy (non-hydrogen) atoms. The highest BCUT2D eigenvalue weighted by Gasteiger charge is 2.27. The molecular formula is C12H15BrO4S. The highest BCUT2D eigenvalue weighted by Crippen LogP contribution is 2.25. The van der Waals surface area contributed by atoms with Crippen LogP contribution >= 0.6 is 15.9 Å². The Balaban J connectivity index is 3.23. The van der Waals surface area contributed by atoms with Crippen LogP contribution in [0.15, 0.2) is 22.7 Å². The topological polar surface area (TPSA) is 60.4 Å². The van der Waals surface area contributed by atoms with E-state index in [1.807, 2.05) is 0 Å². The van der Waals surface area contributed by atoms with Gasteiger partial charge in [0.25, 0.3) is 0 Å². The van der Waals surface area contributed by atoms with Crippen LogP contribution in [0.5, 0.6) is 5.75 Å². The maximum absolute atomic E-state index is 12.2. The number of halogens is 1. The van der Waals surface area contributed by atoms with E-state index in [1.54, 1.807) is 25.1 Å². The summed E-state index contributed by atoms with van der Waals surface area (Å²) >= 11 is 3.26. The first-order valence-corrected chi connectivity index (χ1v) is 8.17. The van der Waals surface area contributed by atoms with Crippen LogP contribution in [0.4, 0.5) is 0 Å². The van der Waals surface area contributed by atoms with Crippen LogP contribution < -0.4 is 4.74 Å². The number of ketones is 1. The Morgan fingerprint density at radius 1 is 1.44 bits per heavy atom. The van der Waals surface area contributed by atoms with Gasteiger partial charge in [0.1, 0.15) is 11.0 Å². The van der Waals surface area contributed by atoms with Crippen LogP contribution in [-0.4, -0.2) is 32.3 Å². The number of carbonyl (C=O) groups is 1. The van der Waals surface area contributed by atoms with E-state index in [0.29, 0.717) is 16.8 Å². The maximum atomic E-state index is 12.2. The van der Waals surface area contributed by atoms with E-state index in [9.17, 15) is 13.2 Å². The summed E-state index contributed by atoms with van der Waals surface area (Å²) in [5, 5.41) is -1.08. The molecule has 0 aliphatic carbocycles. The first kappa shape index (κ1) is 15.2. The molecule has 0 bridgehead atoms. The van der Waals surface area contributed by atoms with E-state index >= 15 is 0 Å². The molecule has 0 fully saturated rings. The molecule has 4 nitrogen and oxygen atoms in total. The number of hydrogen-bond donors (Lipinski definition) is 0. The fourth-order valence-electron chi connectivity index (χ4n) is 1.39. The summed E-state index contributed by atoms with van der Waals surface area (Å²) in [6.45, 7) is 3.60. The minimum atomic E-state index is -3.42. The summed E-state index contributed by atoms with van der Waals surface area (Å²) in [7, 11) is -3.42. The van der Waals surface area contributed by atoms with Crippen LogP contribution in [0.25, 0.3) is 0 Å². The molecule has 0 aliphatic heterocycles. The lowest BCUT2D eigenvalue weighted by atomic mass is 10.1. The normalized spacial score (nSPS) is 13.1. The molecule has 0 spiro atoms. The summed E-state index contributed by atoms with van der Waals surface area (Å²) in [6, 6.07) is 4.97. The van der Waals surface area contributed by atoms with Crippen LogP contribution in [0.3, 0.4) is 0 Å². The monoisotopic (exact) mass is 334 g/mol.